The summed E-state index contributed by atoms with van der Waals surface area (Å²) in [5.74, 6) is 3.38. The Balaban J connectivity index is 1.09. The van der Waals surface area contributed by atoms with E-state index in [1.807, 2.05) is 48.5 Å². The van der Waals surface area contributed by atoms with Crippen molar-refractivity contribution in [1.29, 1.82) is 0 Å². The van der Waals surface area contributed by atoms with Crippen molar-refractivity contribution in [3.05, 3.63) is 95.6 Å². The Bertz CT molecular complexity index is 1060. The Morgan fingerprint density at radius 2 is 1.42 bits per heavy atom. The molecule has 0 radical (unpaired) electrons. The molecule has 2 aliphatic heterocycles. The van der Waals surface area contributed by atoms with Gasteiger partial charge in [0.1, 0.15) is 11.5 Å². The molecule has 3 aromatic rings. The van der Waals surface area contributed by atoms with E-state index in [9.17, 15) is 4.79 Å². The molecule has 1 aliphatic carbocycles. The lowest BCUT2D eigenvalue weighted by Crippen LogP contribution is -2.34. The first-order valence-corrected chi connectivity index (χ1v) is 11.2. The van der Waals surface area contributed by atoms with Gasteiger partial charge in [0.2, 0.25) is 5.91 Å². The number of ether oxygens (including phenoxy) is 1. The summed E-state index contributed by atoms with van der Waals surface area (Å²) in [4.78, 5) is 15.9. The topological polar surface area (TPSA) is 41.6 Å². The lowest BCUT2D eigenvalue weighted by molar-refractivity contribution is -0.121. The zero-order valence-corrected chi connectivity index (χ0v) is 17.4. The normalized spacial score (nSPS) is 23.9. The van der Waals surface area contributed by atoms with Gasteiger partial charge in [-0.1, -0.05) is 66.7 Å². The maximum atomic E-state index is 13.3. The number of nitrogens with zero attached hydrogens (tertiary/aromatic N) is 1. The van der Waals surface area contributed by atoms with E-state index in [1.54, 1.807) is 0 Å². The van der Waals surface area contributed by atoms with E-state index in [4.69, 9.17) is 4.74 Å². The van der Waals surface area contributed by atoms with Gasteiger partial charge in [0, 0.05) is 37.3 Å². The van der Waals surface area contributed by atoms with Crippen LogP contribution in [0.25, 0.3) is 0 Å². The molecule has 1 saturated carbocycles. The number of likely N-dealkylation sites (tertiary alicyclic amines) is 1. The summed E-state index contributed by atoms with van der Waals surface area (Å²) in [5, 5.41) is 3.28. The molecular weight excluding hydrogens is 384 g/mol. The molecule has 4 nitrogen and oxygen atoms in total. The van der Waals surface area contributed by atoms with E-state index in [2.05, 4.69) is 40.5 Å². The van der Waals surface area contributed by atoms with Crippen LogP contribution in [0.1, 0.15) is 22.6 Å². The first kappa shape index (κ1) is 18.6. The summed E-state index contributed by atoms with van der Waals surface area (Å²) in [6.07, 6.45) is 0. The van der Waals surface area contributed by atoms with Gasteiger partial charge in [0.05, 0.1) is 5.92 Å². The Hall–Kier alpha value is -3.11. The number of hydrogen-bond acceptors (Lipinski definition) is 3. The van der Waals surface area contributed by atoms with Crippen LogP contribution in [0.5, 0.6) is 11.5 Å². The van der Waals surface area contributed by atoms with Crippen LogP contribution in [0, 0.1) is 17.8 Å². The third-order valence-corrected chi connectivity index (χ3v) is 7.15. The number of hydrogen-bond donors (Lipinski definition) is 1. The predicted molar refractivity (Wildman–Crippen MR) is 120 cm³/mol. The Kier molecular flexibility index (Phi) is 4.53. The van der Waals surface area contributed by atoms with Gasteiger partial charge in [-0.3, -0.25) is 9.69 Å². The molecule has 1 unspecified atom stereocenters. The minimum Gasteiger partial charge on any atom is -0.457 e. The minimum atomic E-state index is -0.311. The smallest absolute Gasteiger partial charge is 0.232 e. The van der Waals surface area contributed by atoms with Gasteiger partial charge >= 0.3 is 0 Å². The Morgan fingerprint density at radius 3 is 2.06 bits per heavy atom. The molecule has 3 aromatic carbocycles. The number of rotatable bonds is 5. The van der Waals surface area contributed by atoms with E-state index in [0.29, 0.717) is 5.92 Å². The van der Waals surface area contributed by atoms with Crippen LogP contribution < -0.4 is 10.1 Å². The van der Waals surface area contributed by atoms with E-state index < -0.39 is 0 Å². The maximum Gasteiger partial charge on any atom is 0.232 e. The van der Waals surface area contributed by atoms with E-state index >= 15 is 0 Å². The summed E-state index contributed by atoms with van der Waals surface area (Å²) >= 11 is 0. The molecule has 3 aliphatic rings. The van der Waals surface area contributed by atoms with Crippen LogP contribution in [0.15, 0.2) is 78.9 Å². The van der Waals surface area contributed by atoms with E-state index in [0.717, 1.165) is 60.6 Å². The maximum absolute atomic E-state index is 13.3. The molecule has 1 saturated heterocycles. The summed E-state index contributed by atoms with van der Waals surface area (Å²) in [7, 11) is 0. The molecule has 2 fully saturated rings. The summed E-state index contributed by atoms with van der Waals surface area (Å²) in [5.41, 5.74) is 3.28. The number of piperidine rings is 1. The Labute approximate surface area is 182 Å². The average molecular weight is 411 g/mol. The molecule has 6 rings (SSSR count). The van der Waals surface area contributed by atoms with Crippen molar-refractivity contribution in [2.45, 2.75) is 12.5 Å². The number of nitrogens with one attached hydrogen (secondary N) is 1. The van der Waals surface area contributed by atoms with E-state index in [-0.39, 0.29) is 11.8 Å². The second kappa shape index (κ2) is 7.54. The monoisotopic (exact) mass is 410 g/mol. The highest BCUT2D eigenvalue weighted by Crippen LogP contribution is 2.51. The third kappa shape index (κ3) is 3.41. The summed E-state index contributed by atoms with van der Waals surface area (Å²) in [6.45, 7) is 4.09. The van der Waals surface area contributed by atoms with Crippen molar-refractivity contribution in [1.82, 2.24) is 10.2 Å². The van der Waals surface area contributed by atoms with Gasteiger partial charge in [-0.15, -0.1) is 0 Å². The zero-order valence-electron chi connectivity index (χ0n) is 17.4. The van der Waals surface area contributed by atoms with Crippen LogP contribution in [-0.4, -0.2) is 30.4 Å². The van der Waals surface area contributed by atoms with Gasteiger partial charge in [-0.05, 0) is 35.4 Å². The molecule has 0 bridgehead atoms. The Morgan fingerprint density at radius 1 is 0.839 bits per heavy atom. The van der Waals surface area contributed by atoms with Crippen molar-refractivity contribution >= 4 is 5.91 Å². The molecule has 31 heavy (non-hydrogen) atoms. The zero-order chi connectivity index (χ0) is 20.8. The van der Waals surface area contributed by atoms with Crippen molar-refractivity contribution < 1.29 is 9.53 Å². The first-order chi connectivity index (χ1) is 15.3. The molecule has 3 atom stereocenters. The molecule has 156 valence electrons. The predicted octanol–water partition coefficient (Wildman–Crippen LogP) is 4.42. The van der Waals surface area contributed by atoms with Crippen molar-refractivity contribution in [3.63, 3.8) is 0 Å². The van der Waals surface area contributed by atoms with Crippen LogP contribution in [-0.2, 0) is 11.3 Å². The molecular formula is C27H26N2O2. The number of carbonyl (C=O) groups excluding carboxylic acids is 1. The highest BCUT2D eigenvalue weighted by atomic mass is 16.5. The number of amides is 1. The van der Waals surface area contributed by atoms with Crippen LogP contribution in [0.3, 0.4) is 0 Å². The second-order valence-electron chi connectivity index (χ2n) is 9.03. The standard InChI is InChI=1S/C27H26N2O2/c30-27(26-19-10-4-6-12-24(19)31-25-13-7-5-11-20(25)26)28-14-21-22-16-29(17-23(21)22)15-18-8-2-1-3-9-18/h1-13,21-23,26H,14-17H2,(H,28,30)/t21-,22-,23?/m1/s1. The summed E-state index contributed by atoms with van der Waals surface area (Å²) in [6, 6.07) is 26.4. The lowest BCUT2D eigenvalue weighted by Gasteiger charge is -2.27. The fraction of sp³-hybridized carbons (Fsp3) is 0.296. The second-order valence-corrected chi connectivity index (χ2v) is 9.03. The highest BCUT2D eigenvalue weighted by Gasteiger charge is 2.55. The summed E-state index contributed by atoms with van der Waals surface area (Å²) < 4.78 is 6.03. The van der Waals surface area contributed by atoms with Crippen molar-refractivity contribution in [3.8, 4) is 11.5 Å². The lowest BCUT2D eigenvalue weighted by atomic mass is 9.87. The third-order valence-electron chi connectivity index (χ3n) is 7.15. The van der Waals surface area contributed by atoms with Gasteiger partial charge in [-0.25, -0.2) is 0 Å². The van der Waals surface area contributed by atoms with Crippen LogP contribution in [0.4, 0.5) is 0 Å². The van der Waals surface area contributed by atoms with Gasteiger partial charge in [0.25, 0.3) is 0 Å². The van der Waals surface area contributed by atoms with Crippen molar-refractivity contribution in [2.24, 2.45) is 17.8 Å². The highest BCUT2D eigenvalue weighted by molar-refractivity contribution is 5.89. The largest absolute Gasteiger partial charge is 0.457 e. The number of benzene rings is 3. The SMILES string of the molecule is O=C(NC[C@H]1C2CN(Cc3ccccc3)C[C@@H]21)C1c2ccccc2Oc2ccccc21. The van der Waals surface area contributed by atoms with Gasteiger partial charge in [-0.2, -0.15) is 0 Å². The van der Waals surface area contributed by atoms with Crippen molar-refractivity contribution in [2.75, 3.05) is 19.6 Å². The number of para-hydroxylation sites is 2. The molecule has 4 heteroatoms. The average Bonchev–Trinajstić information content (AvgIpc) is 3.26. The molecule has 0 aromatic heterocycles. The minimum absolute atomic E-state index is 0.0781. The number of fused-ring (bicyclic) bond motifs is 3. The fourth-order valence-corrected chi connectivity index (χ4v) is 5.52. The van der Waals surface area contributed by atoms with Gasteiger partial charge < -0.3 is 10.1 Å². The van der Waals surface area contributed by atoms with Crippen LogP contribution in [0.2, 0.25) is 0 Å². The fourth-order valence-electron chi connectivity index (χ4n) is 5.52. The van der Waals surface area contributed by atoms with Crippen LogP contribution >= 0.6 is 0 Å². The number of carbonyl (C=O) groups is 1. The van der Waals surface area contributed by atoms with E-state index in [1.165, 1.54) is 5.56 Å². The molecule has 1 N–H and O–H groups in total. The van der Waals surface area contributed by atoms with Gasteiger partial charge in [0.15, 0.2) is 0 Å². The molecule has 2 heterocycles. The quantitative estimate of drug-likeness (QED) is 0.677. The first-order valence-electron chi connectivity index (χ1n) is 11.2. The molecule has 1 amide bonds. The molecule has 0 spiro atoms.